The van der Waals surface area contributed by atoms with Crippen LogP contribution in [0.25, 0.3) is 0 Å². The summed E-state index contributed by atoms with van der Waals surface area (Å²) in [6.45, 7) is 3.98. The zero-order chi connectivity index (χ0) is 8.91. The number of nitrogens with zero attached hydrogens (tertiary/aromatic N) is 1. The van der Waals surface area contributed by atoms with Crippen molar-refractivity contribution in [2.24, 2.45) is 0 Å². The fourth-order valence-corrected chi connectivity index (χ4v) is 1.41. The van der Waals surface area contributed by atoms with Crippen LogP contribution in [0, 0.1) is 0 Å². The maximum Gasteiger partial charge on any atom is 0.116 e. The highest BCUT2D eigenvalue weighted by Crippen LogP contribution is 2.02. The Morgan fingerprint density at radius 3 is 2.25 bits per heavy atom. The fourth-order valence-electron chi connectivity index (χ4n) is 1.32. The van der Waals surface area contributed by atoms with Gasteiger partial charge in [-0.1, -0.05) is 6.92 Å². The molecule has 0 saturated heterocycles. The van der Waals surface area contributed by atoms with E-state index in [4.69, 9.17) is 11.6 Å². The highest BCUT2D eigenvalue weighted by atomic mass is 35.5. The van der Waals surface area contributed by atoms with E-state index < -0.39 is 0 Å². The Morgan fingerprint density at radius 2 is 1.92 bits per heavy atom. The first-order valence-corrected chi connectivity index (χ1v) is 4.61. The second-order valence-corrected chi connectivity index (χ2v) is 3.96. The van der Waals surface area contributed by atoms with Crippen LogP contribution < -0.4 is 12.4 Å². The zero-order valence-electron chi connectivity index (χ0n) is 8.06. The van der Waals surface area contributed by atoms with Gasteiger partial charge in [0.05, 0.1) is 26.5 Å². The van der Waals surface area contributed by atoms with E-state index in [1.807, 2.05) is 0 Å². The third-order valence-electron chi connectivity index (χ3n) is 1.71. The van der Waals surface area contributed by atoms with Crippen LogP contribution in [-0.4, -0.2) is 48.8 Å². The molecule has 2 nitrogen and oxygen atoms in total. The fraction of sp³-hybridized carbons (Fsp3) is 1.00. The van der Waals surface area contributed by atoms with Gasteiger partial charge < -0.3 is 22.0 Å². The number of hydrogen-bond donors (Lipinski definition) is 1. The molecule has 0 aliphatic heterocycles. The molecule has 76 valence electrons. The third-order valence-corrected chi connectivity index (χ3v) is 2.07. The lowest BCUT2D eigenvalue weighted by Crippen LogP contribution is -3.00. The summed E-state index contributed by atoms with van der Waals surface area (Å²) >= 11 is 5.50. The largest absolute Gasteiger partial charge is 1.00 e. The second kappa shape index (κ2) is 6.96. The van der Waals surface area contributed by atoms with E-state index in [0.29, 0.717) is 5.88 Å². The summed E-state index contributed by atoms with van der Waals surface area (Å²) in [7, 11) is 4.22. The van der Waals surface area contributed by atoms with Crippen molar-refractivity contribution < 1.29 is 22.0 Å². The first-order valence-electron chi connectivity index (χ1n) is 4.08. The Hall–Kier alpha value is 0.500. The summed E-state index contributed by atoms with van der Waals surface area (Å²) in [5.74, 6) is 0.339. The molecule has 0 aliphatic rings. The molecule has 0 bridgehead atoms. The van der Waals surface area contributed by atoms with Crippen LogP contribution in [0.3, 0.4) is 0 Å². The quantitative estimate of drug-likeness (QED) is 0.419. The summed E-state index contributed by atoms with van der Waals surface area (Å²) in [4.78, 5) is 0. The molecule has 0 saturated carbocycles. The minimum atomic E-state index is -0.363. The minimum Gasteiger partial charge on any atom is -1.00 e. The Labute approximate surface area is 86.5 Å². The van der Waals surface area contributed by atoms with Crippen LogP contribution in [0.15, 0.2) is 0 Å². The summed E-state index contributed by atoms with van der Waals surface area (Å²) < 4.78 is 0.852. The van der Waals surface area contributed by atoms with E-state index in [-0.39, 0.29) is 18.5 Å². The smallest absolute Gasteiger partial charge is 0.116 e. The number of quaternary nitrogens is 1. The molecule has 0 rings (SSSR count). The van der Waals surface area contributed by atoms with E-state index in [1.165, 1.54) is 0 Å². The van der Waals surface area contributed by atoms with Crippen molar-refractivity contribution in [3.8, 4) is 0 Å². The molecule has 0 spiro atoms. The van der Waals surface area contributed by atoms with Gasteiger partial charge in [-0.3, -0.25) is 0 Å². The average molecular weight is 216 g/mol. The number of alkyl halides is 1. The van der Waals surface area contributed by atoms with Crippen molar-refractivity contribution in [1.29, 1.82) is 0 Å². The molecule has 0 aliphatic carbocycles. The van der Waals surface area contributed by atoms with Crippen molar-refractivity contribution in [2.75, 3.05) is 33.1 Å². The lowest BCUT2D eigenvalue weighted by Gasteiger charge is -2.30. The molecule has 0 radical (unpaired) electrons. The van der Waals surface area contributed by atoms with Gasteiger partial charge in [-0.2, -0.15) is 0 Å². The molecule has 12 heavy (non-hydrogen) atoms. The van der Waals surface area contributed by atoms with Gasteiger partial charge >= 0.3 is 0 Å². The van der Waals surface area contributed by atoms with Crippen molar-refractivity contribution in [2.45, 2.75) is 19.4 Å². The number of aliphatic hydroxyl groups is 1. The average Bonchev–Trinajstić information content (AvgIpc) is 1.86. The molecule has 0 aromatic heterocycles. The molecule has 0 heterocycles. The van der Waals surface area contributed by atoms with Crippen LogP contribution >= 0.6 is 11.6 Å². The molecule has 0 fully saturated rings. The van der Waals surface area contributed by atoms with Crippen LogP contribution in [0.5, 0.6) is 0 Å². The minimum absolute atomic E-state index is 0. The summed E-state index contributed by atoms with van der Waals surface area (Å²) in [5, 5.41) is 9.27. The molecule has 0 aromatic carbocycles. The number of hydrogen-bond acceptors (Lipinski definition) is 1. The number of likely N-dealkylation sites (N-methyl/N-ethyl adjacent to an activating group) is 1. The van der Waals surface area contributed by atoms with Crippen molar-refractivity contribution in [3.05, 3.63) is 0 Å². The van der Waals surface area contributed by atoms with Crippen LogP contribution in [0.1, 0.15) is 13.3 Å². The Balaban J connectivity index is 0. The number of aliphatic hydroxyl groups excluding tert-OH is 1. The van der Waals surface area contributed by atoms with E-state index in [1.54, 1.807) is 0 Å². The predicted octanol–water partition coefficient (Wildman–Crippen LogP) is -1.92. The standard InChI is InChI=1S/C8H19ClNO.ClH/c1-4-5-10(2,3)7-8(11)6-9;/h8,11H,4-7H2,1-3H3;1H/q+1;/p-1. The SMILES string of the molecule is CCC[N+](C)(C)CC(O)CCl.[Cl-]. The molecule has 1 N–H and O–H groups in total. The summed E-state index contributed by atoms with van der Waals surface area (Å²) in [6.07, 6.45) is 0.778. The lowest BCUT2D eigenvalue weighted by molar-refractivity contribution is -0.893. The van der Waals surface area contributed by atoms with E-state index in [0.717, 1.165) is 24.0 Å². The Bertz CT molecular complexity index is 109. The van der Waals surface area contributed by atoms with Gasteiger partial charge in [0.15, 0.2) is 0 Å². The van der Waals surface area contributed by atoms with Gasteiger partial charge in [0.25, 0.3) is 0 Å². The van der Waals surface area contributed by atoms with Gasteiger partial charge in [-0.25, -0.2) is 0 Å². The monoisotopic (exact) mass is 215 g/mol. The Kier molecular flexibility index (Phi) is 8.69. The predicted molar refractivity (Wildman–Crippen MR) is 48.9 cm³/mol. The highest BCUT2D eigenvalue weighted by Gasteiger charge is 2.18. The normalized spacial score (nSPS) is 13.8. The maximum atomic E-state index is 9.27. The van der Waals surface area contributed by atoms with Gasteiger partial charge in [0.2, 0.25) is 0 Å². The molecular weight excluding hydrogens is 197 g/mol. The summed E-state index contributed by atoms with van der Waals surface area (Å²) in [6, 6.07) is 0. The van der Waals surface area contributed by atoms with Gasteiger partial charge in [-0.05, 0) is 6.42 Å². The van der Waals surface area contributed by atoms with E-state index in [2.05, 4.69) is 21.0 Å². The van der Waals surface area contributed by atoms with Gasteiger partial charge in [0.1, 0.15) is 12.6 Å². The molecule has 0 aromatic rings. The topological polar surface area (TPSA) is 20.2 Å². The maximum absolute atomic E-state index is 9.27. The second-order valence-electron chi connectivity index (χ2n) is 3.65. The van der Waals surface area contributed by atoms with E-state index >= 15 is 0 Å². The first-order chi connectivity index (χ1) is 5.02. The van der Waals surface area contributed by atoms with Crippen LogP contribution in [0.4, 0.5) is 0 Å². The van der Waals surface area contributed by atoms with Crippen molar-refractivity contribution >= 4 is 11.6 Å². The number of rotatable bonds is 5. The molecule has 0 amide bonds. The van der Waals surface area contributed by atoms with Gasteiger partial charge in [-0.15, -0.1) is 11.6 Å². The first kappa shape index (κ1) is 15.0. The molecular formula is C8H19Cl2NO. The zero-order valence-corrected chi connectivity index (χ0v) is 9.57. The van der Waals surface area contributed by atoms with Crippen molar-refractivity contribution in [3.63, 3.8) is 0 Å². The van der Waals surface area contributed by atoms with Crippen molar-refractivity contribution in [1.82, 2.24) is 0 Å². The lowest BCUT2D eigenvalue weighted by atomic mass is 10.3. The third kappa shape index (κ3) is 7.17. The highest BCUT2D eigenvalue weighted by molar-refractivity contribution is 6.18. The molecule has 4 heteroatoms. The van der Waals surface area contributed by atoms with Gasteiger partial charge in [0, 0.05) is 0 Å². The summed E-state index contributed by atoms with van der Waals surface area (Å²) in [5.41, 5.74) is 0. The number of halogens is 2. The Morgan fingerprint density at radius 1 is 1.42 bits per heavy atom. The van der Waals surface area contributed by atoms with E-state index in [9.17, 15) is 5.11 Å². The molecule has 1 unspecified atom stereocenters. The van der Waals surface area contributed by atoms with Crippen LogP contribution in [0.2, 0.25) is 0 Å². The van der Waals surface area contributed by atoms with Crippen LogP contribution in [-0.2, 0) is 0 Å². The molecule has 1 atom stereocenters.